The number of benzene rings is 1. The van der Waals surface area contributed by atoms with Crippen LogP contribution in [0.5, 0.6) is 0 Å². The SMILES string of the molecule is CC(N)(C#N)CSCc1ccc(Cl)cc1. The molecule has 0 radical (unpaired) electrons. The average Bonchev–Trinajstić information content (AvgIpc) is 2.21. The van der Waals surface area contributed by atoms with Gasteiger partial charge in [-0.3, -0.25) is 0 Å². The highest BCUT2D eigenvalue weighted by atomic mass is 35.5. The van der Waals surface area contributed by atoms with Gasteiger partial charge in [-0.1, -0.05) is 23.7 Å². The van der Waals surface area contributed by atoms with Crippen molar-refractivity contribution in [3.63, 3.8) is 0 Å². The van der Waals surface area contributed by atoms with E-state index >= 15 is 0 Å². The van der Waals surface area contributed by atoms with Crippen molar-refractivity contribution in [2.45, 2.75) is 18.2 Å². The predicted molar refractivity (Wildman–Crippen MR) is 65.8 cm³/mol. The van der Waals surface area contributed by atoms with Crippen LogP contribution >= 0.6 is 23.4 Å². The third-order valence-corrected chi connectivity index (χ3v) is 3.43. The van der Waals surface area contributed by atoms with Crippen LogP contribution in [0.2, 0.25) is 5.02 Å². The van der Waals surface area contributed by atoms with Crippen molar-refractivity contribution in [3.8, 4) is 6.07 Å². The Morgan fingerprint density at radius 3 is 2.60 bits per heavy atom. The summed E-state index contributed by atoms with van der Waals surface area (Å²) < 4.78 is 0. The van der Waals surface area contributed by atoms with Crippen molar-refractivity contribution in [2.24, 2.45) is 5.73 Å². The number of hydrogen-bond donors (Lipinski definition) is 1. The normalized spacial score (nSPS) is 14.3. The molecule has 0 bridgehead atoms. The second-order valence-corrected chi connectivity index (χ2v) is 5.07. The molecule has 0 aromatic heterocycles. The maximum absolute atomic E-state index is 8.72. The number of thioether (sulfide) groups is 1. The smallest absolute Gasteiger partial charge is 0.110 e. The molecule has 15 heavy (non-hydrogen) atoms. The standard InChI is InChI=1S/C11H13ClN2S/c1-11(14,7-13)8-15-6-9-2-4-10(12)5-3-9/h2-5H,6,8,14H2,1H3. The molecule has 0 fully saturated rings. The second-order valence-electron chi connectivity index (χ2n) is 3.65. The lowest BCUT2D eigenvalue weighted by Gasteiger charge is -2.14. The summed E-state index contributed by atoms with van der Waals surface area (Å²) in [4.78, 5) is 0. The zero-order valence-corrected chi connectivity index (χ0v) is 10.1. The van der Waals surface area contributed by atoms with Gasteiger partial charge in [0.1, 0.15) is 5.54 Å². The van der Waals surface area contributed by atoms with E-state index in [9.17, 15) is 0 Å². The Morgan fingerprint density at radius 2 is 2.07 bits per heavy atom. The number of rotatable bonds is 4. The summed E-state index contributed by atoms with van der Waals surface area (Å²) >= 11 is 7.42. The molecular formula is C11H13ClN2S. The van der Waals surface area contributed by atoms with Gasteiger partial charge >= 0.3 is 0 Å². The lowest BCUT2D eigenvalue weighted by atomic mass is 10.1. The number of nitrogens with zero attached hydrogens (tertiary/aromatic N) is 1. The van der Waals surface area contributed by atoms with E-state index in [0.29, 0.717) is 5.75 Å². The molecule has 1 aromatic rings. The van der Waals surface area contributed by atoms with Gasteiger partial charge in [-0.25, -0.2) is 0 Å². The van der Waals surface area contributed by atoms with Gasteiger partial charge in [-0.15, -0.1) is 0 Å². The van der Waals surface area contributed by atoms with Crippen molar-refractivity contribution in [1.29, 1.82) is 5.26 Å². The van der Waals surface area contributed by atoms with E-state index in [1.165, 1.54) is 5.56 Å². The topological polar surface area (TPSA) is 49.8 Å². The van der Waals surface area contributed by atoms with Crippen LogP contribution < -0.4 is 5.73 Å². The molecule has 2 nitrogen and oxygen atoms in total. The highest BCUT2D eigenvalue weighted by molar-refractivity contribution is 7.98. The Hall–Kier alpha value is -0.690. The second kappa shape index (κ2) is 5.41. The maximum Gasteiger partial charge on any atom is 0.110 e. The molecule has 0 saturated heterocycles. The Labute approximate surface area is 99.4 Å². The molecule has 0 saturated carbocycles. The first-order chi connectivity index (χ1) is 7.03. The van der Waals surface area contributed by atoms with E-state index in [1.54, 1.807) is 18.7 Å². The third-order valence-electron chi connectivity index (χ3n) is 1.84. The molecule has 0 spiro atoms. The van der Waals surface area contributed by atoms with Gasteiger partial charge in [-0.05, 0) is 24.6 Å². The molecule has 1 unspecified atom stereocenters. The number of hydrogen-bond acceptors (Lipinski definition) is 3. The van der Waals surface area contributed by atoms with Gasteiger partial charge < -0.3 is 5.73 Å². The van der Waals surface area contributed by atoms with Gasteiger partial charge in [0.2, 0.25) is 0 Å². The average molecular weight is 241 g/mol. The molecule has 0 amide bonds. The molecule has 4 heteroatoms. The molecule has 0 aliphatic heterocycles. The van der Waals surface area contributed by atoms with E-state index in [1.807, 2.05) is 24.3 Å². The van der Waals surface area contributed by atoms with Gasteiger partial charge in [0.15, 0.2) is 0 Å². The van der Waals surface area contributed by atoms with Crippen LogP contribution in [0.1, 0.15) is 12.5 Å². The minimum absolute atomic E-state index is 0.631. The van der Waals surface area contributed by atoms with Crippen LogP contribution in [0.15, 0.2) is 24.3 Å². The highest BCUT2D eigenvalue weighted by Gasteiger charge is 2.16. The van der Waals surface area contributed by atoms with Gasteiger partial charge in [0.05, 0.1) is 6.07 Å². The van der Waals surface area contributed by atoms with E-state index in [2.05, 4.69) is 6.07 Å². The summed E-state index contributed by atoms with van der Waals surface area (Å²) in [7, 11) is 0. The molecule has 0 heterocycles. The maximum atomic E-state index is 8.72. The first kappa shape index (κ1) is 12.4. The minimum atomic E-state index is -0.739. The van der Waals surface area contributed by atoms with Crippen molar-refractivity contribution < 1.29 is 0 Å². The quantitative estimate of drug-likeness (QED) is 0.881. The van der Waals surface area contributed by atoms with Crippen molar-refractivity contribution in [2.75, 3.05) is 5.75 Å². The molecule has 0 aliphatic carbocycles. The highest BCUT2D eigenvalue weighted by Crippen LogP contribution is 2.18. The summed E-state index contributed by atoms with van der Waals surface area (Å²) in [5.41, 5.74) is 6.15. The van der Waals surface area contributed by atoms with Crippen molar-refractivity contribution >= 4 is 23.4 Å². The van der Waals surface area contributed by atoms with Crippen LogP contribution in [0.25, 0.3) is 0 Å². The van der Waals surface area contributed by atoms with E-state index in [-0.39, 0.29) is 0 Å². The van der Waals surface area contributed by atoms with Crippen LogP contribution in [-0.4, -0.2) is 11.3 Å². The van der Waals surface area contributed by atoms with Gasteiger partial charge in [0.25, 0.3) is 0 Å². The fraction of sp³-hybridized carbons (Fsp3) is 0.364. The number of nitrogens with two attached hydrogens (primary N) is 1. The van der Waals surface area contributed by atoms with Crippen LogP contribution in [0.3, 0.4) is 0 Å². The van der Waals surface area contributed by atoms with E-state index in [0.717, 1.165) is 10.8 Å². The molecular weight excluding hydrogens is 228 g/mol. The summed E-state index contributed by atoms with van der Waals surface area (Å²) in [5.74, 6) is 1.48. The number of halogens is 1. The zero-order valence-electron chi connectivity index (χ0n) is 8.53. The third kappa shape index (κ3) is 4.57. The van der Waals surface area contributed by atoms with E-state index < -0.39 is 5.54 Å². The Bertz CT molecular complexity index is 354. The van der Waals surface area contributed by atoms with E-state index in [4.69, 9.17) is 22.6 Å². The molecule has 80 valence electrons. The number of nitriles is 1. The predicted octanol–water partition coefficient (Wildman–Crippen LogP) is 2.81. The minimum Gasteiger partial charge on any atom is -0.313 e. The van der Waals surface area contributed by atoms with Crippen LogP contribution in [0.4, 0.5) is 0 Å². The first-order valence-corrected chi connectivity index (χ1v) is 6.09. The molecule has 2 N–H and O–H groups in total. The fourth-order valence-corrected chi connectivity index (χ4v) is 2.14. The molecule has 1 aromatic carbocycles. The van der Waals surface area contributed by atoms with Crippen LogP contribution in [0, 0.1) is 11.3 Å². The summed E-state index contributed by atoms with van der Waals surface area (Å²) in [6.07, 6.45) is 0. The largest absolute Gasteiger partial charge is 0.313 e. The monoisotopic (exact) mass is 240 g/mol. The Kier molecular flexibility index (Phi) is 4.46. The summed E-state index contributed by atoms with van der Waals surface area (Å²) in [5, 5.41) is 9.46. The molecule has 1 atom stereocenters. The molecule has 0 aliphatic rings. The van der Waals surface area contributed by atoms with Crippen molar-refractivity contribution in [1.82, 2.24) is 0 Å². The van der Waals surface area contributed by atoms with Crippen molar-refractivity contribution in [3.05, 3.63) is 34.9 Å². The summed E-state index contributed by atoms with van der Waals surface area (Å²) in [6.45, 7) is 1.74. The summed E-state index contributed by atoms with van der Waals surface area (Å²) in [6, 6.07) is 9.76. The van der Waals surface area contributed by atoms with Gasteiger partial charge in [-0.2, -0.15) is 17.0 Å². The molecule has 1 rings (SSSR count). The first-order valence-electron chi connectivity index (χ1n) is 4.56. The lowest BCUT2D eigenvalue weighted by Crippen LogP contribution is -2.36. The zero-order chi connectivity index (χ0) is 11.3. The lowest BCUT2D eigenvalue weighted by molar-refractivity contribution is 0.682. The van der Waals surface area contributed by atoms with Crippen LogP contribution in [-0.2, 0) is 5.75 Å². The Balaban J connectivity index is 2.39. The fourth-order valence-electron chi connectivity index (χ4n) is 0.994. The van der Waals surface area contributed by atoms with Gasteiger partial charge in [0, 0.05) is 16.5 Å². The Morgan fingerprint density at radius 1 is 1.47 bits per heavy atom.